The number of para-hydroxylation sites is 1. The second-order valence-corrected chi connectivity index (χ2v) is 5.87. The number of aryl methyl sites for hydroxylation is 1. The second kappa shape index (κ2) is 8.36. The van der Waals surface area contributed by atoms with Gasteiger partial charge in [-0.05, 0) is 50.2 Å². The van der Waals surface area contributed by atoms with Crippen LogP contribution in [0.15, 0.2) is 61.6 Å². The van der Waals surface area contributed by atoms with Gasteiger partial charge in [-0.3, -0.25) is 0 Å². The Morgan fingerprint density at radius 3 is 2.56 bits per heavy atom. The summed E-state index contributed by atoms with van der Waals surface area (Å²) < 4.78 is 5.37. The van der Waals surface area contributed by atoms with Crippen LogP contribution in [0.4, 0.5) is 5.69 Å². The van der Waals surface area contributed by atoms with Crippen LogP contribution < -0.4 is 5.63 Å². The van der Waals surface area contributed by atoms with Gasteiger partial charge in [0.1, 0.15) is 11.3 Å². The van der Waals surface area contributed by atoms with Gasteiger partial charge in [0.15, 0.2) is 10.5 Å². The molecular formula is C18H19CuNO4S+2. The first kappa shape index (κ1) is 21.0. The van der Waals surface area contributed by atoms with Gasteiger partial charge >= 0.3 is 5.63 Å². The van der Waals surface area contributed by atoms with E-state index >= 15 is 0 Å². The molecule has 0 aliphatic heterocycles. The third-order valence-corrected chi connectivity index (χ3v) is 4.10. The molecule has 4 N–H and O–H groups in total. The summed E-state index contributed by atoms with van der Waals surface area (Å²) >= 11 is 3.52. The smallest absolute Gasteiger partial charge is 0.336 e. The monoisotopic (exact) mass is 408 g/mol. The van der Waals surface area contributed by atoms with Crippen LogP contribution in [0.25, 0.3) is 11.0 Å². The molecule has 0 aliphatic rings. The van der Waals surface area contributed by atoms with Gasteiger partial charge in [0.25, 0.3) is 5.75 Å². The first-order valence-electron chi connectivity index (χ1n) is 7.12. The third kappa shape index (κ3) is 4.14. The molecule has 1 heterocycles. The summed E-state index contributed by atoms with van der Waals surface area (Å²) in [6, 6.07) is 12.5. The third-order valence-electron chi connectivity index (χ3n) is 3.67. The van der Waals surface area contributed by atoms with Crippen molar-refractivity contribution < 1.29 is 32.1 Å². The van der Waals surface area contributed by atoms with Gasteiger partial charge in [-0.1, -0.05) is 12.1 Å². The molecule has 0 spiro atoms. The van der Waals surface area contributed by atoms with Crippen molar-refractivity contribution in [2.45, 2.75) is 18.7 Å². The molecule has 3 rings (SSSR count). The van der Waals surface area contributed by atoms with Crippen LogP contribution in [0.3, 0.4) is 0 Å². The minimum atomic E-state index is -0.421. The average Bonchev–Trinajstić information content (AvgIpc) is 2.48. The van der Waals surface area contributed by atoms with E-state index in [0.717, 1.165) is 21.5 Å². The van der Waals surface area contributed by atoms with Crippen molar-refractivity contribution in [2.24, 2.45) is 4.99 Å². The summed E-state index contributed by atoms with van der Waals surface area (Å²) in [7, 11) is 0. The number of hydrogen-bond acceptors (Lipinski definition) is 3. The van der Waals surface area contributed by atoms with Crippen LogP contribution in [-0.4, -0.2) is 16.3 Å². The van der Waals surface area contributed by atoms with Gasteiger partial charge in [0.2, 0.25) is 0 Å². The van der Waals surface area contributed by atoms with E-state index in [4.69, 9.17) is 9.52 Å². The fraction of sp³-hybridized carbons (Fsp3) is 0.111. The van der Waals surface area contributed by atoms with Crippen molar-refractivity contribution in [1.82, 2.24) is 0 Å². The van der Waals surface area contributed by atoms with Crippen LogP contribution in [0.2, 0.25) is 0 Å². The van der Waals surface area contributed by atoms with E-state index in [1.54, 1.807) is 12.1 Å². The van der Waals surface area contributed by atoms with Crippen LogP contribution in [0.1, 0.15) is 18.1 Å². The molecule has 0 saturated carbocycles. The summed E-state index contributed by atoms with van der Waals surface area (Å²) in [5.41, 5.74) is 2.74. The molecule has 0 fully saturated rings. The molecule has 0 unspecified atom stereocenters. The molecule has 135 valence electrons. The summed E-state index contributed by atoms with van der Waals surface area (Å²) in [5, 5.41) is 9.01. The molecule has 0 aliphatic carbocycles. The van der Waals surface area contributed by atoms with Gasteiger partial charge < -0.3 is 15.0 Å². The predicted octanol–water partition coefficient (Wildman–Crippen LogP) is 2.22. The summed E-state index contributed by atoms with van der Waals surface area (Å²) in [6.07, 6.45) is 0. The predicted molar refractivity (Wildman–Crippen MR) is 101 cm³/mol. The van der Waals surface area contributed by atoms with Crippen molar-refractivity contribution >= 4 is 35.0 Å². The van der Waals surface area contributed by atoms with Gasteiger partial charge in [-0.25, -0.2) is 9.79 Å². The minimum Gasteiger partial charge on any atom is -0.593 e. The van der Waals surface area contributed by atoms with E-state index < -0.39 is 5.63 Å². The largest absolute Gasteiger partial charge is 0.593 e. The molecule has 0 atom stereocenters. The number of benzene rings is 2. The Balaban J connectivity index is 0.00000156. The number of aliphatic imine (C=N–C) groups is 1. The van der Waals surface area contributed by atoms with Crippen LogP contribution in [-0.2, 0) is 29.7 Å². The molecule has 1 aromatic heterocycles. The standard InChI is InChI=1S/C18H15NO3S.Cu.H2O/c1-10-9-16(21)22-18-12(10)7-8-14(20)17(18)11(2)19-13-5-3-4-6-15(13)23;;/h3-9,20,23H,1-2H3;;1H2/p+2. The minimum absolute atomic E-state index is 0. The maximum Gasteiger partial charge on any atom is 0.336 e. The molecule has 2 aromatic carbocycles. The average molecular weight is 409 g/mol. The second-order valence-electron chi connectivity index (χ2n) is 5.33. The first-order valence-corrected chi connectivity index (χ1v) is 7.62. The van der Waals surface area contributed by atoms with E-state index in [2.05, 4.69) is 17.6 Å². The first-order chi connectivity index (χ1) is 11.0. The van der Waals surface area contributed by atoms with Crippen molar-refractivity contribution in [3.05, 3.63) is 64.0 Å². The topological polar surface area (TPSA) is 97.0 Å². The van der Waals surface area contributed by atoms with Gasteiger partial charge in [-0.2, -0.15) is 0 Å². The molecule has 0 saturated heterocycles. The molecule has 5 nitrogen and oxygen atoms in total. The molecule has 1 radical (unpaired) electrons. The quantitative estimate of drug-likeness (QED) is 0.281. The molecule has 0 bridgehead atoms. The summed E-state index contributed by atoms with van der Waals surface area (Å²) in [4.78, 5) is 17.2. The van der Waals surface area contributed by atoms with E-state index in [9.17, 15) is 4.79 Å². The van der Waals surface area contributed by atoms with E-state index in [1.807, 2.05) is 38.1 Å². The van der Waals surface area contributed by atoms with Crippen molar-refractivity contribution in [2.75, 3.05) is 0 Å². The molecule has 0 amide bonds. The summed E-state index contributed by atoms with van der Waals surface area (Å²) in [6.45, 7) is 3.67. The van der Waals surface area contributed by atoms with Gasteiger partial charge in [0, 0.05) is 34.6 Å². The zero-order valence-electron chi connectivity index (χ0n) is 13.6. The number of hydrogen-bond donors (Lipinski definition) is 0. The Kier molecular flexibility index (Phi) is 7.02. The normalized spacial score (nSPS) is 10.9. The van der Waals surface area contributed by atoms with Crippen molar-refractivity contribution in [3.63, 3.8) is 0 Å². The van der Waals surface area contributed by atoms with Gasteiger partial charge in [0.05, 0.1) is 5.71 Å². The SMILES string of the molecule is CC(=Nc1ccccc1[SH2+])c1c([OH2+])ccc2c(C)cc(=O)oc12.O.[Cu]. The number of nitrogens with zero attached hydrogens (tertiary/aromatic N) is 1. The Labute approximate surface area is 160 Å². The van der Waals surface area contributed by atoms with Crippen LogP contribution >= 0.6 is 0 Å². The van der Waals surface area contributed by atoms with E-state index in [-0.39, 0.29) is 28.3 Å². The van der Waals surface area contributed by atoms with Gasteiger partial charge in [-0.15, -0.1) is 0 Å². The fourth-order valence-electron chi connectivity index (χ4n) is 2.55. The fourth-order valence-corrected chi connectivity index (χ4v) is 2.79. The Hall–Kier alpha value is -2.05. The maximum atomic E-state index is 11.7. The molecular weight excluding hydrogens is 390 g/mol. The Morgan fingerprint density at radius 1 is 1.20 bits per heavy atom. The molecule has 7 heteroatoms. The Morgan fingerprint density at radius 2 is 1.88 bits per heavy atom. The molecule has 3 aromatic rings. The number of fused-ring (bicyclic) bond motifs is 1. The van der Waals surface area contributed by atoms with E-state index in [1.165, 1.54) is 6.07 Å². The maximum absolute atomic E-state index is 11.7. The zero-order chi connectivity index (χ0) is 16.6. The van der Waals surface area contributed by atoms with Crippen molar-refractivity contribution in [3.8, 4) is 5.75 Å². The molecule has 25 heavy (non-hydrogen) atoms. The number of rotatable bonds is 2. The van der Waals surface area contributed by atoms with Crippen LogP contribution in [0.5, 0.6) is 5.75 Å². The Bertz CT molecular complexity index is 998. The van der Waals surface area contributed by atoms with E-state index in [0.29, 0.717) is 16.9 Å². The zero-order valence-corrected chi connectivity index (χ0v) is 15.5. The van der Waals surface area contributed by atoms with Crippen molar-refractivity contribution in [1.29, 1.82) is 0 Å². The van der Waals surface area contributed by atoms with Crippen LogP contribution in [0, 0.1) is 6.92 Å². The summed E-state index contributed by atoms with van der Waals surface area (Å²) in [5.74, 6) is 0.277.